The van der Waals surface area contributed by atoms with E-state index in [9.17, 15) is 15.1 Å². The van der Waals surface area contributed by atoms with Gasteiger partial charge in [-0.25, -0.2) is 0 Å². The van der Waals surface area contributed by atoms with E-state index in [1.165, 1.54) is 25.5 Å². The molecule has 4 saturated carbocycles. The lowest BCUT2D eigenvalue weighted by molar-refractivity contribution is -0.577. The Bertz CT molecular complexity index is 1220. The summed E-state index contributed by atoms with van der Waals surface area (Å²) in [7, 11) is 1.69. The minimum atomic E-state index is -0.668. The molecule has 4 aliphatic carbocycles. The van der Waals surface area contributed by atoms with Crippen LogP contribution in [0.2, 0.25) is 0 Å². The minimum absolute atomic E-state index is 0.0394. The molecule has 0 saturated heterocycles. The first-order chi connectivity index (χ1) is 18.2. The van der Waals surface area contributed by atoms with Gasteiger partial charge in [-0.3, -0.25) is 4.79 Å². The predicted octanol–water partition coefficient (Wildman–Crippen LogP) is 5.46. The van der Waals surface area contributed by atoms with Crippen molar-refractivity contribution in [3.8, 4) is 5.75 Å². The van der Waals surface area contributed by atoms with E-state index in [0.717, 1.165) is 48.6 Å². The van der Waals surface area contributed by atoms with Crippen LogP contribution in [0.4, 0.5) is 0 Å². The summed E-state index contributed by atoms with van der Waals surface area (Å²) in [4.78, 5) is 13.6. The maximum Gasteiger partial charge on any atom is 0.227 e. The van der Waals surface area contributed by atoms with Gasteiger partial charge >= 0.3 is 0 Å². The average molecular weight is 522 g/mol. The van der Waals surface area contributed by atoms with Gasteiger partial charge in [0.05, 0.1) is 18.3 Å². The number of carbonyl (C=O) groups is 1. The minimum Gasteiger partial charge on any atom is -0.618 e. The molecule has 2 aromatic rings. The van der Waals surface area contributed by atoms with Crippen LogP contribution in [0.15, 0.2) is 36.5 Å². The van der Waals surface area contributed by atoms with Gasteiger partial charge in [0.2, 0.25) is 5.52 Å². The topological polar surface area (TPSA) is 82.7 Å². The average Bonchev–Trinajstić information content (AvgIpc) is 3.25. The lowest BCUT2D eigenvalue weighted by Crippen LogP contribution is -2.57. The van der Waals surface area contributed by atoms with Crippen LogP contribution in [-0.4, -0.2) is 36.8 Å². The van der Waals surface area contributed by atoms with Crippen molar-refractivity contribution in [1.29, 1.82) is 0 Å². The van der Waals surface area contributed by atoms with E-state index in [1.54, 1.807) is 19.2 Å². The Hall–Kier alpha value is -2.18. The third kappa shape index (κ3) is 4.14. The normalized spacial score (nSPS) is 40.3. The van der Waals surface area contributed by atoms with Gasteiger partial charge < -0.3 is 19.8 Å². The zero-order valence-electron chi connectivity index (χ0n) is 23.2. The first-order valence-electron chi connectivity index (χ1n) is 14.7. The summed E-state index contributed by atoms with van der Waals surface area (Å²) in [5.74, 6) is 3.34. The lowest BCUT2D eigenvalue weighted by atomic mass is 9.44. The number of nitrogens with zero attached hydrogens (tertiary/aromatic N) is 1. The van der Waals surface area contributed by atoms with Gasteiger partial charge in [-0.2, -0.15) is 4.73 Å². The molecule has 206 valence electrons. The molecule has 0 aliphatic heterocycles. The van der Waals surface area contributed by atoms with Crippen molar-refractivity contribution in [2.75, 3.05) is 20.3 Å². The molecule has 1 aromatic heterocycles. The molecule has 6 nitrogen and oxygen atoms in total. The number of benzene rings is 1. The molecule has 0 unspecified atom stereocenters. The van der Waals surface area contributed by atoms with Crippen LogP contribution in [0.25, 0.3) is 10.9 Å². The van der Waals surface area contributed by atoms with E-state index in [-0.39, 0.29) is 29.1 Å². The van der Waals surface area contributed by atoms with Crippen LogP contribution in [-0.2, 0) is 9.53 Å². The number of pyridine rings is 1. The summed E-state index contributed by atoms with van der Waals surface area (Å²) < 4.78 is 12.2. The van der Waals surface area contributed by atoms with Crippen molar-refractivity contribution in [3.05, 3.63) is 41.7 Å². The van der Waals surface area contributed by atoms with Crippen LogP contribution in [0, 0.1) is 45.6 Å². The van der Waals surface area contributed by atoms with Crippen molar-refractivity contribution in [2.45, 2.75) is 77.2 Å². The SMILES string of the molecule is COC[C@@]1(O)CC[C@@]2(C)[C@@H](CC[C@@H]3[C@@H]2CC[C@]2(C)[C@@H](C(=O)COc4ccc5ccc[n+]([O-])c5c4)CC[C@@H]32)C1. The molecule has 8 atom stereocenters. The van der Waals surface area contributed by atoms with Crippen LogP contribution >= 0.6 is 0 Å². The number of Topliss-reactive ketones (excluding diaryl/α,β-unsaturated/α-hetero) is 1. The number of ketones is 1. The van der Waals surface area contributed by atoms with Crippen molar-refractivity contribution >= 4 is 16.7 Å². The Kier molecular flexibility index (Phi) is 6.50. The smallest absolute Gasteiger partial charge is 0.227 e. The summed E-state index contributed by atoms with van der Waals surface area (Å²) in [6.07, 6.45) is 11.0. The molecule has 6 rings (SSSR count). The molecular formula is C32H43NO5. The molecule has 38 heavy (non-hydrogen) atoms. The summed E-state index contributed by atoms with van der Waals surface area (Å²) in [6, 6.07) is 9.08. The second-order valence-electron chi connectivity index (χ2n) is 13.5. The molecule has 0 radical (unpaired) electrons. The standard InChI is InChI=1S/C32H43NO5/c1-30-14-15-32(35,20-37-3)18-22(30)7-9-24-25-10-11-27(31(25,2)13-12-26(24)30)29(34)19-38-23-8-6-21-5-4-16-33(36)28(21)17-23/h4-6,8,16-17,22,24-27,35H,7,9-15,18-20H2,1-3H3/t22-,24-,25-,26-,27+,30-,31-,32+/m0/s1. The van der Waals surface area contributed by atoms with Crippen LogP contribution in [0.1, 0.15) is 71.6 Å². The highest BCUT2D eigenvalue weighted by molar-refractivity contribution is 5.84. The number of methoxy groups -OCH3 is 1. The molecule has 0 amide bonds. The number of carbonyl (C=O) groups excluding carboxylic acids is 1. The number of hydrogen-bond acceptors (Lipinski definition) is 5. The highest BCUT2D eigenvalue weighted by Crippen LogP contribution is 2.68. The third-order valence-electron chi connectivity index (χ3n) is 11.7. The molecule has 1 N–H and O–H groups in total. The van der Waals surface area contributed by atoms with Gasteiger partial charge in [-0.1, -0.05) is 13.8 Å². The third-order valence-corrected chi connectivity index (χ3v) is 11.7. The second-order valence-corrected chi connectivity index (χ2v) is 13.5. The van der Waals surface area contributed by atoms with E-state index >= 15 is 0 Å². The number of hydrogen-bond donors (Lipinski definition) is 1. The monoisotopic (exact) mass is 521 g/mol. The summed E-state index contributed by atoms with van der Waals surface area (Å²) in [5.41, 5.74) is 0.205. The van der Waals surface area contributed by atoms with Gasteiger partial charge in [-0.05, 0) is 110 Å². The predicted molar refractivity (Wildman–Crippen MR) is 145 cm³/mol. The van der Waals surface area contributed by atoms with E-state index in [1.807, 2.05) is 18.2 Å². The van der Waals surface area contributed by atoms with Crippen LogP contribution in [0.3, 0.4) is 0 Å². The summed E-state index contributed by atoms with van der Waals surface area (Å²) in [5, 5.41) is 24.1. The summed E-state index contributed by atoms with van der Waals surface area (Å²) in [6.45, 7) is 5.39. The van der Waals surface area contributed by atoms with E-state index in [2.05, 4.69) is 13.8 Å². The quantitative estimate of drug-likeness (QED) is 0.403. The van der Waals surface area contributed by atoms with E-state index in [0.29, 0.717) is 41.5 Å². The second kappa shape index (κ2) is 9.48. The molecule has 4 aliphatic rings. The van der Waals surface area contributed by atoms with Crippen molar-refractivity contribution < 1.29 is 24.1 Å². The van der Waals surface area contributed by atoms with Crippen LogP contribution in [0.5, 0.6) is 5.75 Å². The van der Waals surface area contributed by atoms with Crippen LogP contribution < -0.4 is 9.47 Å². The fraction of sp³-hybridized carbons (Fsp3) is 0.688. The zero-order valence-corrected chi connectivity index (χ0v) is 23.2. The molecule has 0 spiro atoms. The zero-order chi connectivity index (χ0) is 26.7. The maximum atomic E-state index is 13.6. The van der Waals surface area contributed by atoms with Gasteiger partial charge in [0.1, 0.15) is 12.4 Å². The first kappa shape index (κ1) is 26.1. The first-order valence-corrected chi connectivity index (χ1v) is 14.7. The Balaban J connectivity index is 1.14. The van der Waals surface area contributed by atoms with Gasteiger partial charge in [0.25, 0.3) is 0 Å². The van der Waals surface area contributed by atoms with Crippen molar-refractivity contribution in [3.63, 3.8) is 0 Å². The van der Waals surface area contributed by atoms with Gasteiger partial charge in [0, 0.05) is 24.5 Å². The van der Waals surface area contributed by atoms with Crippen molar-refractivity contribution in [2.24, 2.45) is 40.4 Å². The van der Waals surface area contributed by atoms with Gasteiger partial charge in [0.15, 0.2) is 12.0 Å². The van der Waals surface area contributed by atoms with E-state index < -0.39 is 5.60 Å². The Morgan fingerprint density at radius 3 is 2.68 bits per heavy atom. The highest BCUT2D eigenvalue weighted by Gasteiger charge is 2.62. The molecule has 4 fully saturated rings. The number of rotatable bonds is 6. The number of aliphatic hydroxyl groups is 1. The molecular weight excluding hydrogens is 478 g/mol. The molecule has 1 heterocycles. The number of aromatic nitrogens is 1. The van der Waals surface area contributed by atoms with Crippen molar-refractivity contribution in [1.82, 2.24) is 0 Å². The molecule has 0 bridgehead atoms. The largest absolute Gasteiger partial charge is 0.618 e. The fourth-order valence-electron chi connectivity index (χ4n) is 9.76. The highest BCUT2D eigenvalue weighted by atomic mass is 16.5. The maximum absolute atomic E-state index is 13.6. The van der Waals surface area contributed by atoms with E-state index in [4.69, 9.17) is 9.47 Å². The fourth-order valence-corrected chi connectivity index (χ4v) is 9.76. The Labute approximate surface area is 226 Å². The van der Waals surface area contributed by atoms with Gasteiger partial charge in [-0.15, -0.1) is 0 Å². The number of fused-ring (bicyclic) bond motifs is 6. The number of ether oxygens (including phenoxy) is 2. The molecule has 1 aromatic carbocycles. The molecule has 6 heteroatoms. The lowest BCUT2D eigenvalue weighted by Gasteiger charge is -2.62. The Morgan fingerprint density at radius 1 is 1.05 bits per heavy atom. The summed E-state index contributed by atoms with van der Waals surface area (Å²) >= 11 is 0. The Morgan fingerprint density at radius 2 is 1.87 bits per heavy atom.